The quantitative estimate of drug-likeness (QED) is 0.619. The van der Waals surface area contributed by atoms with Crippen LogP contribution in [0.3, 0.4) is 0 Å². The van der Waals surface area contributed by atoms with Gasteiger partial charge in [0.05, 0.1) is 0 Å². The van der Waals surface area contributed by atoms with Crippen molar-refractivity contribution in [1.82, 2.24) is 4.90 Å². The lowest BCUT2D eigenvalue weighted by Crippen LogP contribution is -2.46. The van der Waals surface area contributed by atoms with Crippen LogP contribution >= 0.6 is 0 Å². The second-order valence-corrected chi connectivity index (χ2v) is 3.95. The molecule has 4 nitrogen and oxygen atoms in total. The molecule has 0 saturated carbocycles. The number of likely N-dealkylation sites (N-methyl/N-ethyl adjacent to an activating group) is 1. The molecular formula is C11H26N2O2. The van der Waals surface area contributed by atoms with E-state index in [0.29, 0.717) is 18.6 Å². The SMILES string of the molecule is CCN(C(C)C)C(CN)CC(OC)OC. The summed E-state index contributed by atoms with van der Waals surface area (Å²) in [5.41, 5.74) is 5.79. The fourth-order valence-corrected chi connectivity index (χ4v) is 1.92. The molecule has 0 saturated heterocycles. The summed E-state index contributed by atoms with van der Waals surface area (Å²) >= 11 is 0. The van der Waals surface area contributed by atoms with E-state index in [1.807, 2.05) is 0 Å². The van der Waals surface area contributed by atoms with Crippen LogP contribution < -0.4 is 5.73 Å². The smallest absolute Gasteiger partial charge is 0.158 e. The molecule has 0 aromatic heterocycles. The van der Waals surface area contributed by atoms with Crippen molar-refractivity contribution in [3.8, 4) is 0 Å². The Morgan fingerprint density at radius 2 is 1.73 bits per heavy atom. The van der Waals surface area contributed by atoms with Crippen molar-refractivity contribution in [2.45, 2.75) is 45.6 Å². The molecule has 0 amide bonds. The Kier molecular flexibility index (Phi) is 7.96. The second kappa shape index (κ2) is 8.05. The topological polar surface area (TPSA) is 47.7 Å². The highest BCUT2D eigenvalue weighted by molar-refractivity contribution is 4.75. The molecule has 0 heterocycles. The van der Waals surface area contributed by atoms with Gasteiger partial charge in [0, 0.05) is 39.3 Å². The normalized spacial score (nSPS) is 14.2. The number of rotatable bonds is 8. The number of nitrogens with two attached hydrogens (primary N) is 1. The van der Waals surface area contributed by atoms with Crippen molar-refractivity contribution < 1.29 is 9.47 Å². The Labute approximate surface area is 93.7 Å². The van der Waals surface area contributed by atoms with Crippen LogP contribution in [-0.2, 0) is 9.47 Å². The van der Waals surface area contributed by atoms with Crippen molar-refractivity contribution in [2.75, 3.05) is 27.3 Å². The van der Waals surface area contributed by atoms with Crippen LogP contribution in [0.15, 0.2) is 0 Å². The van der Waals surface area contributed by atoms with Gasteiger partial charge in [-0.15, -0.1) is 0 Å². The molecule has 0 spiro atoms. The van der Waals surface area contributed by atoms with Crippen LogP contribution in [0, 0.1) is 0 Å². The van der Waals surface area contributed by atoms with Gasteiger partial charge in [0.2, 0.25) is 0 Å². The fourth-order valence-electron chi connectivity index (χ4n) is 1.92. The van der Waals surface area contributed by atoms with E-state index in [0.717, 1.165) is 13.0 Å². The van der Waals surface area contributed by atoms with Crippen LogP contribution in [0.25, 0.3) is 0 Å². The lowest BCUT2D eigenvalue weighted by molar-refractivity contribution is -0.117. The summed E-state index contributed by atoms with van der Waals surface area (Å²) in [6, 6.07) is 0.817. The molecule has 0 aliphatic rings. The third kappa shape index (κ3) is 4.93. The highest BCUT2D eigenvalue weighted by Crippen LogP contribution is 2.12. The molecular weight excluding hydrogens is 192 g/mol. The number of methoxy groups -OCH3 is 2. The zero-order valence-corrected chi connectivity index (χ0v) is 10.7. The van der Waals surface area contributed by atoms with Gasteiger partial charge in [-0.05, 0) is 20.4 Å². The van der Waals surface area contributed by atoms with Gasteiger partial charge in [0.25, 0.3) is 0 Å². The maximum absolute atomic E-state index is 5.79. The molecule has 0 radical (unpaired) electrons. The van der Waals surface area contributed by atoms with Crippen molar-refractivity contribution in [2.24, 2.45) is 5.73 Å². The molecule has 15 heavy (non-hydrogen) atoms. The van der Waals surface area contributed by atoms with E-state index < -0.39 is 0 Å². The zero-order valence-electron chi connectivity index (χ0n) is 10.7. The minimum Gasteiger partial charge on any atom is -0.356 e. The zero-order chi connectivity index (χ0) is 11.8. The first kappa shape index (κ1) is 14.8. The summed E-state index contributed by atoms with van der Waals surface area (Å²) in [6.45, 7) is 8.15. The largest absolute Gasteiger partial charge is 0.356 e. The van der Waals surface area contributed by atoms with Crippen molar-refractivity contribution >= 4 is 0 Å². The van der Waals surface area contributed by atoms with Crippen LogP contribution in [0.5, 0.6) is 0 Å². The molecule has 4 heteroatoms. The molecule has 92 valence electrons. The molecule has 0 bridgehead atoms. The summed E-state index contributed by atoms with van der Waals surface area (Å²) in [4.78, 5) is 2.37. The van der Waals surface area contributed by atoms with E-state index in [4.69, 9.17) is 15.2 Å². The lowest BCUT2D eigenvalue weighted by Gasteiger charge is -2.34. The van der Waals surface area contributed by atoms with E-state index in [1.54, 1.807) is 14.2 Å². The van der Waals surface area contributed by atoms with E-state index in [2.05, 4.69) is 25.7 Å². The Morgan fingerprint density at radius 3 is 2.00 bits per heavy atom. The van der Waals surface area contributed by atoms with Gasteiger partial charge >= 0.3 is 0 Å². The number of nitrogens with zero attached hydrogens (tertiary/aromatic N) is 1. The van der Waals surface area contributed by atoms with Gasteiger partial charge in [-0.3, -0.25) is 4.90 Å². The molecule has 0 aromatic rings. The molecule has 1 unspecified atom stereocenters. The standard InChI is InChI=1S/C11H26N2O2/c1-6-13(9(2)3)10(8-12)7-11(14-4)15-5/h9-11H,6-8,12H2,1-5H3. The van der Waals surface area contributed by atoms with Crippen molar-refractivity contribution in [1.29, 1.82) is 0 Å². The summed E-state index contributed by atoms with van der Waals surface area (Å²) in [5.74, 6) is 0. The summed E-state index contributed by atoms with van der Waals surface area (Å²) < 4.78 is 10.4. The number of hydrogen-bond donors (Lipinski definition) is 1. The van der Waals surface area contributed by atoms with Crippen LogP contribution in [0.4, 0.5) is 0 Å². The first-order valence-corrected chi connectivity index (χ1v) is 5.62. The molecule has 0 aromatic carbocycles. The Bertz CT molecular complexity index is 150. The van der Waals surface area contributed by atoms with E-state index in [9.17, 15) is 0 Å². The predicted octanol–water partition coefficient (Wildman–Crippen LogP) is 1.05. The highest BCUT2D eigenvalue weighted by Gasteiger charge is 2.22. The third-order valence-electron chi connectivity index (χ3n) is 2.76. The highest BCUT2D eigenvalue weighted by atomic mass is 16.7. The molecule has 0 aliphatic carbocycles. The second-order valence-electron chi connectivity index (χ2n) is 3.95. The molecule has 0 aliphatic heterocycles. The first-order chi connectivity index (χ1) is 7.10. The maximum Gasteiger partial charge on any atom is 0.158 e. The molecule has 0 rings (SSSR count). The minimum atomic E-state index is -0.161. The van der Waals surface area contributed by atoms with Gasteiger partial charge in [0.15, 0.2) is 6.29 Å². The molecule has 2 N–H and O–H groups in total. The van der Waals surface area contributed by atoms with Gasteiger partial charge in [0.1, 0.15) is 0 Å². The minimum absolute atomic E-state index is 0.161. The average molecular weight is 218 g/mol. The third-order valence-corrected chi connectivity index (χ3v) is 2.76. The van der Waals surface area contributed by atoms with E-state index >= 15 is 0 Å². The summed E-state index contributed by atoms with van der Waals surface area (Å²) in [5, 5.41) is 0. The average Bonchev–Trinajstić information content (AvgIpc) is 2.23. The van der Waals surface area contributed by atoms with Gasteiger partial charge in [-0.1, -0.05) is 6.92 Å². The van der Waals surface area contributed by atoms with E-state index in [-0.39, 0.29) is 6.29 Å². The number of ether oxygens (including phenoxy) is 2. The van der Waals surface area contributed by atoms with Crippen LogP contribution in [-0.4, -0.2) is 50.6 Å². The Balaban J connectivity index is 4.31. The lowest BCUT2D eigenvalue weighted by atomic mass is 10.1. The monoisotopic (exact) mass is 218 g/mol. The Morgan fingerprint density at radius 1 is 1.20 bits per heavy atom. The Hall–Kier alpha value is -0.160. The summed E-state index contributed by atoms with van der Waals surface area (Å²) in [7, 11) is 3.32. The van der Waals surface area contributed by atoms with E-state index in [1.165, 1.54) is 0 Å². The van der Waals surface area contributed by atoms with Crippen molar-refractivity contribution in [3.05, 3.63) is 0 Å². The van der Waals surface area contributed by atoms with Gasteiger partial charge in [-0.2, -0.15) is 0 Å². The van der Waals surface area contributed by atoms with Crippen molar-refractivity contribution in [3.63, 3.8) is 0 Å². The van der Waals surface area contributed by atoms with Gasteiger partial charge in [-0.25, -0.2) is 0 Å². The van der Waals surface area contributed by atoms with Crippen LogP contribution in [0.1, 0.15) is 27.2 Å². The summed E-state index contributed by atoms with van der Waals surface area (Å²) in [6.07, 6.45) is 0.654. The van der Waals surface area contributed by atoms with Gasteiger partial charge < -0.3 is 15.2 Å². The molecule has 1 atom stereocenters. The fraction of sp³-hybridized carbons (Fsp3) is 1.00. The maximum atomic E-state index is 5.79. The number of hydrogen-bond acceptors (Lipinski definition) is 4. The van der Waals surface area contributed by atoms with Crippen LogP contribution in [0.2, 0.25) is 0 Å². The molecule has 0 fully saturated rings. The first-order valence-electron chi connectivity index (χ1n) is 5.62. The predicted molar refractivity (Wildman–Crippen MR) is 62.8 cm³/mol.